The maximum absolute atomic E-state index is 10.3. The van der Waals surface area contributed by atoms with Crippen LogP contribution < -0.4 is 0 Å². The second-order valence-corrected chi connectivity index (χ2v) is 5.26. The van der Waals surface area contributed by atoms with Crippen molar-refractivity contribution < 1.29 is 9.90 Å². The van der Waals surface area contributed by atoms with Crippen LogP contribution in [0.2, 0.25) is 10.0 Å². The molecule has 0 aliphatic rings. The van der Waals surface area contributed by atoms with Gasteiger partial charge in [0, 0.05) is 11.3 Å². The number of rotatable bonds is 6. The summed E-state index contributed by atoms with van der Waals surface area (Å²) < 4.78 is 0. The third-order valence-corrected chi connectivity index (χ3v) is 3.76. The highest BCUT2D eigenvalue weighted by molar-refractivity contribution is 7.99. The van der Waals surface area contributed by atoms with E-state index in [0.717, 1.165) is 17.1 Å². The van der Waals surface area contributed by atoms with Gasteiger partial charge in [0.05, 0.1) is 10.0 Å². The van der Waals surface area contributed by atoms with Gasteiger partial charge >= 0.3 is 5.97 Å². The summed E-state index contributed by atoms with van der Waals surface area (Å²) in [6.45, 7) is 0. The number of carboxylic acids is 1. The molecule has 0 bridgehead atoms. The molecule has 1 N–H and O–H groups in total. The summed E-state index contributed by atoms with van der Waals surface area (Å²) in [6, 6.07) is 5.51. The number of thioether (sulfide) groups is 1. The van der Waals surface area contributed by atoms with Crippen LogP contribution in [0.25, 0.3) is 0 Å². The molecule has 0 aliphatic carbocycles. The Bertz CT molecular complexity index is 369. The van der Waals surface area contributed by atoms with E-state index in [0.29, 0.717) is 16.5 Å². The average Bonchev–Trinajstić information content (AvgIpc) is 2.22. The van der Waals surface area contributed by atoms with Crippen LogP contribution in [0.4, 0.5) is 0 Å². The number of hydrogen-bond acceptors (Lipinski definition) is 2. The molecule has 2 nitrogen and oxygen atoms in total. The summed E-state index contributed by atoms with van der Waals surface area (Å²) in [5.74, 6) is 0.158. The van der Waals surface area contributed by atoms with E-state index in [2.05, 4.69) is 0 Å². The Kier molecular flexibility index (Phi) is 6.03. The topological polar surface area (TPSA) is 37.3 Å². The first kappa shape index (κ1) is 13.7. The number of carboxylic acid groups (broad SMARTS) is 1. The van der Waals surface area contributed by atoms with Crippen molar-refractivity contribution in [2.24, 2.45) is 0 Å². The predicted molar refractivity (Wildman–Crippen MR) is 68.7 cm³/mol. The van der Waals surface area contributed by atoms with Gasteiger partial charge in [-0.25, -0.2) is 0 Å². The Labute approximate surface area is 109 Å². The van der Waals surface area contributed by atoms with E-state index in [1.807, 2.05) is 12.1 Å². The van der Waals surface area contributed by atoms with E-state index < -0.39 is 5.97 Å². The molecule has 0 amide bonds. The standard InChI is InChI=1S/C11H12Cl2O2S/c12-9-5-4-8(7-10(9)13)16-6-2-1-3-11(14)15/h4-5,7H,1-3,6H2,(H,14,15). The Balaban J connectivity index is 2.27. The number of hydrogen-bond donors (Lipinski definition) is 1. The van der Waals surface area contributed by atoms with Crippen molar-refractivity contribution in [3.05, 3.63) is 28.2 Å². The zero-order valence-electron chi connectivity index (χ0n) is 8.58. The van der Waals surface area contributed by atoms with Crippen molar-refractivity contribution in [2.45, 2.75) is 24.2 Å². The summed E-state index contributed by atoms with van der Waals surface area (Å²) in [5.41, 5.74) is 0. The molecule has 0 atom stereocenters. The lowest BCUT2D eigenvalue weighted by molar-refractivity contribution is -0.137. The van der Waals surface area contributed by atoms with Gasteiger partial charge in [0.2, 0.25) is 0 Å². The van der Waals surface area contributed by atoms with E-state index in [1.165, 1.54) is 0 Å². The molecule has 0 saturated carbocycles. The lowest BCUT2D eigenvalue weighted by Crippen LogP contribution is -1.94. The number of halogens is 2. The van der Waals surface area contributed by atoms with E-state index in [1.54, 1.807) is 17.8 Å². The normalized spacial score (nSPS) is 10.4. The van der Waals surface area contributed by atoms with Crippen LogP contribution in [0, 0.1) is 0 Å². The highest BCUT2D eigenvalue weighted by Gasteiger charge is 2.01. The van der Waals surface area contributed by atoms with Crippen molar-refractivity contribution in [1.82, 2.24) is 0 Å². The van der Waals surface area contributed by atoms with Crippen LogP contribution in [0.5, 0.6) is 0 Å². The van der Waals surface area contributed by atoms with Gasteiger partial charge in [-0.1, -0.05) is 23.2 Å². The fourth-order valence-corrected chi connectivity index (χ4v) is 2.45. The molecular weight excluding hydrogens is 267 g/mol. The SMILES string of the molecule is O=C(O)CCCCSc1ccc(Cl)c(Cl)c1. The highest BCUT2D eigenvalue weighted by atomic mass is 35.5. The summed E-state index contributed by atoms with van der Waals surface area (Å²) in [7, 11) is 0. The minimum absolute atomic E-state index is 0.238. The van der Waals surface area contributed by atoms with Crippen LogP contribution in [0.1, 0.15) is 19.3 Å². The summed E-state index contributed by atoms with van der Waals surface area (Å²) in [5, 5.41) is 9.56. The van der Waals surface area contributed by atoms with Gasteiger partial charge in [-0.2, -0.15) is 0 Å². The fourth-order valence-electron chi connectivity index (χ4n) is 1.13. The number of benzene rings is 1. The van der Waals surface area contributed by atoms with E-state index in [-0.39, 0.29) is 6.42 Å². The number of aliphatic carboxylic acids is 1. The maximum atomic E-state index is 10.3. The van der Waals surface area contributed by atoms with Crippen molar-refractivity contribution in [3.63, 3.8) is 0 Å². The van der Waals surface area contributed by atoms with Gasteiger partial charge in [0.1, 0.15) is 0 Å². The van der Waals surface area contributed by atoms with Crippen LogP contribution in [-0.4, -0.2) is 16.8 Å². The van der Waals surface area contributed by atoms with E-state index in [9.17, 15) is 4.79 Å². The minimum Gasteiger partial charge on any atom is -0.481 e. The molecule has 0 radical (unpaired) electrons. The maximum Gasteiger partial charge on any atom is 0.303 e. The van der Waals surface area contributed by atoms with Gasteiger partial charge in [-0.15, -0.1) is 11.8 Å². The third-order valence-electron chi connectivity index (χ3n) is 1.94. The van der Waals surface area contributed by atoms with Crippen molar-refractivity contribution in [2.75, 3.05) is 5.75 Å². The lowest BCUT2D eigenvalue weighted by Gasteiger charge is -2.02. The zero-order valence-corrected chi connectivity index (χ0v) is 10.9. The lowest BCUT2D eigenvalue weighted by atomic mass is 10.2. The first-order valence-electron chi connectivity index (χ1n) is 4.89. The van der Waals surface area contributed by atoms with Crippen LogP contribution in [-0.2, 0) is 4.79 Å². The average molecular weight is 279 g/mol. The molecule has 0 aliphatic heterocycles. The largest absolute Gasteiger partial charge is 0.481 e. The summed E-state index contributed by atoms with van der Waals surface area (Å²) in [6.07, 6.45) is 1.84. The molecule has 5 heteroatoms. The second kappa shape index (κ2) is 7.05. The Morgan fingerprint density at radius 3 is 2.62 bits per heavy atom. The fraction of sp³-hybridized carbons (Fsp3) is 0.364. The molecule has 1 aromatic rings. The van der Waals surface area contributed by atoms with Gasteiger partial charge in [0.25, 0.3) is 0 Å². The molecule has 0 saturated heterocycles. The van der Waals surface area contributed by atoms with Crippen LogP contribution in [0.3, 0.4) is 0 Å². The number of unbranched alkanes of at least 4 members (excludes halogenated alkanes) is 1. The predicted octanol–water partition coefficient (Wildman–Crippen LogP) is 4.34. The molecule has 0 heterocycles. The van der Waals surface area contributed by atoms with Crippen molar-refractivity contribution in [1.29, 1.82) is 0 Å². The summed E-state index contributed by atoms with van der Waals surface area (Å²) >= 11 is 13.3. The van der Waals surface area contributed by atoms with Crippen LogP contribution in [0.15, 0.2) is 23.1 Å². The number of carbonyl (C=O) groups is 1. The van der Waals surface area contributed by atoms with E-state index >= 15 is 0 Å². The quantitative estimate of drug-likeness (QED) is 0.621. The first-order chi connectivity index (χ1) is 7.59. The van der Waals surface area contributed by atoms with Gasteiger partial charge in [0.15, 0.2) is 0 Å². The van der Waals surface area contributed by atoms with Gasteiger partial charge in [-0.3, -0.25) is 4.79 Å². The molecule has 1 aromatic carbocycles. The molecule has 0 unspecified atom stereocenters. The van der Waals surface area contributed by atoms with Gasteiger partial charge in [-0.05, 0) is 36.8 Å². The molecule has 0 aromatic heterocycles. The van der Waals surface area contributed by atoms with Crippen molar-refractivity contribution in [3.8, 4) is 0 Å². The first-order valence-corrected chi connectivity index (χ1v) is 6.63. The molecule has 1 rings (SSSR count). The molecule has 88 valence electrons. The Morgan fingerprint density at radius 2 is 2.00 bits per heavy atom. The Hall–Kier alpha value is -0.380. The monoisotopic (exact) mass is 278 g/mol. The highest BCUT2D eigenvalue weighted by Crippen LogP contribution is 2.28. The molecular formula is C11H12Cl2O2S. The minimum atomic E-state index is -0.737. The molecule has 0 spiro atoms. The Morgan fingerprint density at radius 1 is 1.25 bits per heavy atom. The second-order valence-electron chi connectivity index (χ2n) is 3.28. The van der Waals surface area contributed by atoms with E-state index in [4.69, 9.17) is 28.3 Å². The van der Waals surface area contributed by atoms with Crippen molar-refractivity contribution >= 4 is 40.9 Å². The molecule has 16 heavy (non-hydrogen) atoms. The zero-order chi connectivity index (χ0) is 12.0. The van der Waals surface area contributed by atoms with Crippen LogP contribution >= 0.6 is 35.0 Å². The third kappa shape index (κ3) is 5.10. The smallest absolute Gasteiger partial charge is 0.303 e. The van der Waals surface area contributed by atoms with Gasteiger partial charge < -0.3 is 5.11 Å². The molecule has 0 fully saturated rings. The summed E-state index contributed by atoms with van der Waals surface area (Å²) in [4.78, 5) is 11.3.